The van der Waals surface area contributed by atoms with Gasteiger partial charge in [-0.1, -0.05) is 6.08 Å². The molecule has 5 nitrogen and oxygen atoms in total. The van der Waals surface area contributed by atoms with Gasteiger partial charge in [-0.3, -0.25) is 9.48 Å². The SMILES string of the molecule is C=CC[C@]1(CO)CCCN(C(=O)CCn2ccc(C)n2)C1. The molecule has 1 aromatic heterocycles. The summed E-state index contributed by atoms with van der Waals surface area (Å²) in [6.45, 7) is 7.85. The Labute approximate surface area is 126 Å². The van der Waals surface area contributed by atoms with Gasteiger partial charge in [-0.2, -0.15) is 5.10 Å². The normalized spacial score (nSPS) is 22.3. The molecule has 5 heteroatoms. The van der Waals surface area contributed by atoms with Crippen molar-refractivity contribution in [3.05, 3.63) is 30.6 Å². The first-order valence-corrected chi connectivity index (χ1v) is 7.58. The van der Waals surface area contributed by atoms with Crippen LogP contribution in [0.5, 0.6) is 0 Å². The molecule has 1 aliphatic rings. The second-order valence-electron chi connectivity index (χ2n) is 6.04. The summed E-state index contributed by atoms with van der Waals surface area (Å²) in [5.74, 6) is 0.143. The predicted molar refractivity (Wildman–Crippen MR) is 81.7 cm³/mol. The summed E-state index contributed by atoms with van der Waals surface area (Å²) in [6, 6.07) is 1.94. The van der Waals surface area contributed by atoms with Crippen molar-refractivity contribution in [3.63, 3.8) is 0 Å². The fourth-order valence-electron chi connectivity index (χ4n) is 3.04. The van der Waals surface area contributed by atoms with Crippen LogP contribution >= 0.6 is 0 Å². The van der Waals surface area contributed by atoms with Gasteiger partial charge in [0.25, 0.3) is 0 Å². The van der Waals surface area contributed by atoms with Gasteiger partial charge in [0.1, 0.15) is 0 Å². The summed E-state index contributed by atoms with van der Waals surface area (Å²) < 4.78 is 1.81. The summed E-state index contributed by atoms with van der Waals surface area (Å²) in [4.78, 5) is 14.3. The van der Waals surface area contributed by atoms with E-state index in [0.717, 1.165) is 31.5 Å². The van der Waals surface area contributed by atoms with E-state index < -0.39 is 0 Å². The van der Waals surface area contributed by atoms with Gasteiger partial charge in [0.05, 0.1) is 12.3 Å². The minimum atomic E-state index is -0.196. The summed E-state index contributed by atoms with van der Waals surface area (Å²) >= 11 is 0. The zero-order chi connectivity index (χ0) is 15.3. The maximum atomic E-state index is 12.4. The van der Waals surface area contributed by atoms with E-state index in [0.29, 0.717) is 19.5 Å². The van der Waals surface area contributed by atoms with Crippen LogP contribution in [0, 0.1) is 12.3 Å². The Morgan fingerprint density at radius 3 is 3.05 bits per heavy atom. The standard InChI is InChI=1S/C16H25N3O2/c1-3-7-16(13-20)8-4-9-18(12-16)15(21)6-11-19-10-5-14(2)17-19/h3,5,10,20H,1,4,6-9,11-13H2,2H3/t16-/m0/s1. The number of rotatable bonds is 6. The molecule has 1 aromatic rings. The number of hydrogen-bond acceptors (Lipinski definition) is 3. The van der Waals surface area contributed by atoms with Gasteiger partial charge >= 0.3 is 0 Å². The number of aliphatic hydroxyl groups is 1. The highest BCUT2D eigenvalue weighted by Gasteiger charge is 2.35. The third-order valence-corrected chi connectivity index (χ3v) is 4.26. The average molecular weight is 291 g/mol. The molecule has 2 rings (SSSR count). The summed E-state index contributed by atoms with van der Waals surface area (Å²) in [6.07, 6.45) is 6.85. The molecule has 0 bridgehead atoms. The molecule has 116 valence electrons. The molecule has 2 heterocycles. The van der Waals surface area contributed by atoms with Gasteiger partial charge in [-0.05, 0) is 32.3 Å². The van der Waals surface area contributed by atoms with Gasteiger partial charge in [0.15, 0.2) is 0 Å². The highest BCUT2D eigenvalue weighted by Crippen LogP contribution is 2.33. The Balaban J connectivity index is 1.90. The zero-order valence-corrected chi connectivity index (χ0v) is 12.8. The monoisotopic (exact) mass is 291 g/mol. The van der Waals surface area contributed by atoms with Crippen LogP contribution in [0.4, 0.5) is 0 Å². The number of aryl methyl sites for hydroxylation is 2. The fraction of sp³-hybridized carbons (Fsp3) is 0.625. The maximum Gasteiger partial charge on any atom is 0.224 e. The Morgan fingerprint density at radius 1 is 1.62 bits per heavy atom. The van der Waals surface area contributed by atoms with E-state index in [2.05, 4.69) is 11.7 Å². The van der Waals surface area contributed by atoms with Crippen molar-refractivity contribution < 1.29 is 9.90 Å². The van der Waals surface area contributed by atoms with E-state index in [-0.39, 0.29) is 17.9 Å². The van der Waals surface area contributed by atoms with Crippen molar-refractivity contribution in [1.82, 2.24) is 14.7 Å². The number of nitrogens with zero attached hydrogens (tertiary/aromatic N) is 3. The van der Waals surface area contributed by atoms with Crippen LogP contribution in [0.2, 0.25) is 0 Å². The van der Waals surface area contributed by atoms with E-state index in [1.807, 2.05) is 30.2 Å². The van der Waals surface area contributed by atoms with E-state index in [4.69, 9.17) is 0 Å². The lowest BCUT2D eigenvalue weighted by atomic mass is 9.78. The minimum absolute atomic E-state index is 0.112. The second-order valence-corrected chi connectivity index (χ2v) is 6.04. The number of aromatic nitrogens is 2. The van der Waals surface area contributed by atoms with Crippen molar-refractivity contribution in [3.8, 4) is 0 Å². The molecule has 1 amide bonds. The van der Waals surface area contributed by atoms with Crippen LogP contribution in [0.1, 0.15) is 31.4 Å². The summed E-state index contributed by atoms with van der Waals surface area (Å²) in [5.41, 5.74) is 0.767. The van der Waals surface area contributed by atoms with Crippen LogP contribution < -0.4 is 0 Å². The molecular formula is C16H25N3O2. The number of piperidine rings is 1. The van der Waals surface area contributed by atoms with Gasteiger partial charge in [-0.25, -0.2) is 0 Å². The first-order valence-electron chi connectivity index (χ1n) is 7.58. The summed E-state index contributed by atoms with van der Waals surface area (Å²) in [5, 5.41) is 14.0. The van der Waals surface area contributed by atoms with Crippen LogP contribution in [0.3, 0.4) is 0 Å². The van der Waals surface area contributed by atoms with Crippen molar-refractivity contribution in [2.45, 2.75) is 39.2 Å². The molecule has 0 unspecified atom stereocenters. The van der Waals surface area contributed by atoms with Crippen LogP contribution in [0.15, 0.2) is 24.9 Å². The van der Waals surface area contributed by atoms with Crippen LogP contribution in [-0.2, 0) is 11.3 Å². The van der Waals surface area contributed by atoms with Gasteiger partial charge in [-0.15, -0.1) is 6.58 Å². The average Bonchev–Trinajstić information content (AvgIpc) is 2.91. The fourth-order valence-corrected chi connectivity index (χ4v) is 3.04. The van der Waals surface area contributed by atoms with E-state index in [9.17, 15) is 9.90 Å². The quantitative estimate of drug-likeness (QED) is 0.813. The third kappa shape index (κ3) is 3.94. The second kappa shape index (κ2) is 6.89. The highest BCUT2D eigenvalue weighted by atomic mass is 16.3. The lowest BCUT2D eigenvalue weighted by molar-refractivity contribution is -0.135. The molecule has 1 aliphatic heterocycles. The van der Waals surface area contributed by atoms with Gasteiger partial charge in [0.2, 0.25) is 5.91 Å². The van der Waals surface area contributed by atoms with Crippen molar-refractivity contribution in [1.29, 1.82) is 0 Å². The lowest BCUT2D eigenvalue weighted by Gasteiger charge is -2.41. The molecule has 0 spiro atoms. The third-order valence-electron chi connectivity index (χ3n) is 4.26. The molecule has 0 radical (unpaired) electrons. The Kier molecular flexibility index (Phi) is 5.17. The molecule has 21 heavy (non-hydrogen) atoms. The molecule has 0 saturated carbocycles. The number of carbonyl (C=O) groups excluding carboxylic acids is 1. The first-order chi connectivity index (χ1) is 10.1. The Bertz CT molecular complexity index is 497. The molecular weight excluding hydrogens is 266 g/mol. The van der Waals surface area contributed by atoms with E-state index >= 15 is 0 Å². The summed E-state index contributed by atoms with van der Waals surface area (Å²) in [7, 11) is 0. The number of hydrogen-bond donors (Lipinski definition) is 1. The van der Waals surface area contributed by atoms with E-state index in [1.54, 1.807) is 4.68 Å². The molecule has 1 N–H and O–H groups in total. The zero-order valence-electron chi connectivity index (χ0n) is 12.8. The van der Waals surface area contributed by atoms with E-state index in [1.165, 1.54) is 0 Å². The van der Waals surface area contributed by atoms with Gasteiger partial charge < -0.3 is 10.0 Å². The number of amides is 1. The molecule has 1 fully saturated rings. The number of aliphatic hydroxyl groups excluding tert-OH is 1. The van der Waals surface area contributed by atoms with Crippen LogP contribution in [0.25, 0.3) is 0 Å². The van der Waals surface area contributed by atoms with Crippen LogP contribution in [-0.4, -0.2) is 45.4 Å². The smallest absolute Gasteiger partial charge is 0.224 e. The van der Waals surface area contributed by atoms with Gasteiger partial charge in [0, 0.05) is 37.7 Å². The maximum absolute atomic E-state index is 12.4. The Hall–Kier alpha value is -1.62. The number of likely N-dealkylation sites (tertiary alicyclic amines) is 1. The highest BCUT2D eigenvalue weighted by molar-refractivity contribution is 5.76. The topological polar surface area (TPSA) is 58.4 Å². The number of carbonyl (C=O) groups is 1. The lowest BCUT2D eigenvalue weighted by Crippen LogP contribution is -2.47. The van der Waals surface area contributed by atoms with Crippen molar-refractivity contribution in [2.24, 2.45) is 5.41 Å². The number of allylic oxidation sites excluding steroid dienone is 1. The minimum Gasteiger partial charge on any atom is -0.396 e. The Morgan fingerprint density at radius 2 is 2.43 bits per heavy atom. The molecule has 1 saturated heterocycles. The first kappa shape index (κ1) is 15.8. The molecule has 0 aromatic carbocycles. The van der Waals surface area contributed by atoms with Crippen molar-refractivity contribution >= 4 is 5.91 Å². The largest absolute Gasteiger partial charge is 0.396 e. The molecule has 1 atom stereocenters. The molecule has 0 aliphatic carbocycles. The van der Waals surface area contributed by atoms with Crippen molar-refractivity contribution in [2.75, 3.05) is 19.7 Å². The predicted octanol–water partition coefficient (Wildman–Crippen LogP) is 1.76.